The predicted molar refractivity (Wildman–Crippen MR) is 64.8 cm³/mol. The van der Waals surface area contributed by atoms with Gasteiger partial charge in [0.1, 0.15) is 0 Å². The molecular weight excluding hydrogens is 226 g/mol. The second-order valence-corrected chi connectivity index (χ2v) is 6.90. The van der Waals surface area contributed by atoms with Crippen molar-refractivity contribution in [2.45, 2.75) is 39.2 Å². The van der Waals surface area contributed by atoms with E-state index in [9.17, 15) is 8.42 Å². The quantitative estimate of drug-likeness (QED) is 0.716. The lowest BCUT2D eigenvalue weighted by Gasteiger charge is -2.23. The van der Waals surface area contributed by atoms with Crippen molar-refractivity contribution in [1.82, 2.24) is 4.31 Å². The number of rotatable bonds is 6. The average Bonchev–Trinajstić information content (AvgIpc) is 2.64. The first kappa shape index (κ1) is 13.9. The van der Waals surface area contributed by atoms with Crippen LogP contribution in [0.5, 0.6) is 0 Å². The molecule has 16 heavy (non-hydrogen) atoms. The topological polar surface area (TPSA) is 46.6 Å². The summed E-state index contributed by atoms with van der Waals surface area (Å²) in [5.41, 5.74) is 0. The highest BCUT2D eigenvalue weighted by Crippen LogP contribution is 2.22. The third-order valence-electron chi connectivity index (χ3n) is 2.99. The molecule has 1 saturated heterocycles. The minimum absolute atomic E-state index is 0.0576. The Balaban J connectivity index is 2.59. The molecule has 0 aromatic heterocycles. The minimum atomic E-state index is -3.07. The number of ether oxygens (including phenoxy) is 1. The number of nitrogens with zero attached hydrogens (tertiary/aromatic N) is 1. The Hall–Kier alpha value is -0.130. The van der Waals surface area contributed by atoms with Crippen LogP contribution in [0.25, 0.3) is 0 Å². The van der Waals surface area contributed by atoms with Crippen molar-refractivity contribution in [3.05, 3.63) is 0 Å². The Labute approximate surface area is 99.0 Å². The zero-order chi connectivity index (χ0) is 12.2. The van der Waals surface area contributed by atoms with E-state index in [1.807, 2.05) is 13.8 Å². The Morgan fingerprint density at radius 1 is 1.44 bits per heavy atom. The van der Waals surface area contributed by atoms with Crippen LogP contribution in [-0.2, 0) is 14.8 Å². The van der Waals surface area contributed by atoms with Crippen LogP contribution < -0.4 is 0 Å². The molecule has 5 heteroatoms. The smallest absolute Gasteiger partial charge is 0.214 e. The van der Waals surface area contributed by atoms with Gasteiger partial charge in [0.25, 0.3) is 0 Å². The number of hydrogen-bond acceptors (Lipinski definition) is 3. The van der Waals surface area contributed by atoms with Gasteiger partial charge in [0, 0.05) is 19.7 Å². The maximum absolute atomic E-state index is 12.1. The van der Waals surface area contributed by atoms with Crippen LogP contribution in [-0.4, -0.2) is 44.8 Å². The monoisotopic (exact) mass is 249 g/mol. The molecule has 0 amide bonds. The number of sulfonamides is 1. The molecule has 0 saturated carbocycles. The van der Waals surface area contributed by atoms with Gasteiger partial charge in [0.2, 0.25) is 10.0 Å². The average molecular weight is 249 g/mol. The fraction of sp³-hybridized carbons (Fsp3) is 1.00. The highest BCUT2D eigenvalue weighted by Gasteiger charge is 2.33. The summed E-state index contributed by atoms with van der Waals surface area (Å²) in [5, 5.41) is 0. The van der Waals surface area contributed by atoms with Gasteiger partial charge in [-0.15, -0.1) is 0 Å². The van der Waals surface area contributed by atoms with Gasteiger partial charge in [0.05, 0.1) is 12.4 Å². The van der Waals surface area contributed by atoms with Crippen molar-refractivity contribution in [3.63, 3.8) is 0 Å². The summed E-state index contributed by atoms with van der Waals surface area (Å²) in [6.45, 7) is 5.27. The molecule has 0 aromatic carbocycles. The molecule has 1 rings (SSSR count). The molecule has 1 heterocycles. The molecule has 0 radical (unpaired) electrons. The summed E-state index contributed by atoms with van der Waals surface area (Å²) in [5.74, 6) is 0.698. The van der Waals surface area contributed by atoms with E-state index in [-0.39, 0.29) is 11.8 Å². The van der Waals surface area contributed by atoms with Gasteiger partial charge in [-0.3, -0.25) is 0 Å². The SMILES string of the molecule is COC[C@@H]1CCCN1S(=O)(=O)CCC(C)C. The zero-order valence-corrected chi connectivity index (χ0v) is 11.3. The summed E-state index contributed by atoms with van der Waals surface area (Å²) >= 11 is 0. The molecule has 1 fully saturated rings. The molecule has 0 aromatic rings. The van der Waals surface area contributed by atoms with E-state index >= 15 is 0 Å². The largest absolute Gasteiger partial charge is 0.383 e. The van der Waals surface area contributed by atoms with Gasteiger partial charge in [-0.25, -0.2) is 8.42 Å². The first-order valence-corrected chi connectivity index (χ1v) is 7.56. The van der Waals surface area contributed by atoms with E-state index in [1.54, 1.807) is 11.4 Å². The molecular formula is C11H23NO3S. The molecule has 96 valence electrons. The summed E-state index contributed by atoms with van der Waals surface area (Å²) in [4.78, 5) is 0. The number of hydrogen-bond donors (Lipinski definition) is 0. The molecule has 4 nitrogen and oxygen atoms in total. The van der Waals surface area contributed by atoms with Crippen LogP contribution in [0.3, 0.4) is 0 Å². The fourth-order valence-electron chi connectivity index (χ4n) is 2.04. The Morgan fingerprint density at radius 3 is 2.69 bits per heavy atom. The molecule has 1 aliphatic heterocycles. The van der Waals surface area contributed by atoms with E-state index in [0.29, 0.717) is 19.1 Å². The van der Waals surface area contributed by atoms with Crippen molar-refractivity contribution >= 4 is 10.0 Å². The van der Waals surface area contributed by atoms with Crippen LogP contribution in [0.4, 0.5) is 0 Å². The first-order valence-electron chi connectivity index (χ1n) is 5.96. The second-order valence-electron chi connectivity index (χ2n) is 4.86. The van der Waals surface area contributed by atoms with Crippen LogP contribution >= 0.6 is 0 Å². The van der Waals surface area contributed by atoms with Gasteiger partial charge in [-0.2, -0.15) is 4.31 Å². The molecule has 0 spiro atoms. The predicted octanol–water partition coefficient (Wildman–Crippen LogP) is 1.47. The lowest BCUT2D eigenvalue weighted by molar-refractivity contribution is 0.149. The summed E-state index contributed by atoms with van der Waals surface area (Å²) in [6, 6.07) is 0.0576. The van der Waals surface area contributed by atoms with Gasteiger partial charge < -0.3 is 4.74 Å². The summed E-state index contributed by atoms with van der Waals surface area (Å²) in [6.07, 6.45) is 2.61. The maximum atomic E-state index is 12.1. The fourth-order valence-corrected chi connectivity index (χ4v) is 4.07. The van der Waals surface area contributed by atoms with E-state index in [4.69, 9.17) is 4.74 Å². The van der Waals surface area contributed by atoms with Crippen molar-refractivity contribution < 1.29 is 13.2 Å². The third-order valence-corrected chi connectivity index (χ3v) is 4.94. The van der Waals surface area contributed by atoms with E-state index in [2.05, 4.69) is 0 Å². The molecule has 0 N–H and O–H groups in total. The van der Waals surface area contributed by atoms with Crippen molar-refractivity contribution in [2.75, 3.05) is 26.0 Å². The van der Waals surface area contributed by atoms with Crippen LogP contribution in [0.1, 0.15) is 33.1 Å². The Morgan fingerprint density at radius 2 is 2.12 bits per heavy atom. The van der Waals surface area contributed by atoms with E-state index in [1.165, 1.54) is 0 Å². The minimum Gasteiger partial charge on any atom is -0.383 e. The van der Waals surface area contributed by atoms with E-state index in [0.717, 1.165) is 19.3 Å². The zero-order valence-electron chi connectivity index (χ0n) is 10.5. The highest BCUT2D eigenvalue weighted by molar-refractivity contribution is 7.89. The van der Waals surface area contributed by atoms with Crippen molar-refractivity contribution in [1.29, 1.82) is 0 Å². The third kappa shape index (κ3) is 3.71. The summed E-state index contributed by atoms with van der Waals surface area (Å²) in [7, 11) is -1.45. The van der Waals surface area contributed by atoms with Crippen molar-refractivity contribution in [3.8, 4) is 0 Å². The normalized spacial score (nSPS) is 23.1. The Kier molecular flexibility index (Phi) is 5.21. The number of methoxy groups -OCH3 is 1. The van der Waals surface area contributed by atoms with Gasteiger partial charge in [-0.05, 0) is 25.2 Å². The van der Waals surface area contributed by atoms with Crippen molar-refractivity contribution in [2.24, 2.45) is 5.92 Å². The van der Waals surface area contributed by atoms with Crippen LogP contribution in [0, 0.1) is 5.92 Å². The molecule has 0 aliphatic carbocycles. The van der Waals surface area contributed by atoms with Crippen LogP contribution in [0.15, 0.2) is 0 Å². The first-order chi connectivity index (χ1) is 7.47. The van der Waals surface area contributed by atoms with Crippen LogP contribution in [0.2, 0.25) is 0 Å². The standard InChI is InChI=1S/C11H23NO3S/c1-10(2)6-8-16(13,14)12-7-4-5-11(12)9-15-3/h10-11H,4-9H2,1-3H3/t11-/m0/s1. The molecule has 0 unspecified atom stereocenters. The second kappa shape index (κ2) is 5.98. The molecule has 0 bridgehead atoms. The molecule has 1 aliphatic rings. The van der Waals surface area contributed by atoms with E-state index < -0.39 is 10.0 Å². The highest BCUT2D eigenvalue weighted by atomic mass is 32.2. The lowest BCUT2D eigenvalue weighted by atomic mass is 10.2. The summed E-state index contributed by atoms with van der Waals surface area (Å²) < 4.78 is 30.9. The molecule has 1 atom stereocenters. The lowest BCUT2D eigenvalue weighted by Crippen LogP contribution is -2.39. The maximum Gasteiger partial charge on any atom is 0.214 e. The van der Waals surface area contributed by atoms with Gasteiger partial charge in [0.15, 0.2) is 0 Å². The van der Waals surface area contributed by atoms with Gasteiger partial charge >= 0.3 is 0 Å². The Bertz CT molecular complexity index is 300. The van der Waals surface area contributed by atoms with Gasteiger partial charge in [-0.1, -0.05) is 13.8 Å².